The normalized spacial score (nSPS) is 20.3. The predicted octanol–water partition coefficient (Wildman–Crippen LogP) is -0.217. The fraction of sp³-hybridized carbons (Fsp3) is 0.727. The van der Waals surface area contributed by atoms with Crippen molar-refractivity contribution in [3.05, 3.63) is 0 Å². The molecule has 0 saturated carbocycles. The number of nitrogens with one attached hydrogen (secondary N) is 2. The lowest BCUT2D eigenvalue weighted by Crippen LogP contribution is -2.48. The van der Waals surface area contributed by atoms with Crippen LogP contribution in [0.1, 0.15) is 25.7 Å². The second-order valence-corrected chi connectivity index (χ2v) is 4.33. The first kappa shape index (κ1) is 15.2. The van der Waals surface area contributed by atoms with Gasteiger partial charge in [-0.05, 0) is 19.3 Å². The average Bonchev–Trinajstić information content (AvgIpc) is 2.36. The van der Waals surface area contributed by atoms with Gasteiger partial charge < -0.3 is 25.6 Å². The molecule has 1 saturated heterocycles. The van der Waals surface area contributed by atoms with Crippen LogP contribution >= 0.6 is 0 Å². The summed E-state index contributed by atoms with van der Waals surface area (Å²) in [6.45, 7) is 0.940. The van der Waals surface area contributed by atoms with Gasteiger partial charge in [0.25, 0.3) is 0 Å². The number of carbonyl (C=O) groups is 3. The molecule has 2 unspecified atom stereocenters. The van der Waals surface area contributed by atoms with E-state index < -0.39 is 30.4 Å². The molecule has 0 aromatic carbocycles. The predicted molar refractivity (Wildman–Crippen MR) is 63.8 cm³/mol. The zero-order valence-corrected chi connectivity index (χ0v) is 10.4. The Morgan fingerprint density at radius 1 is 1.26 bits per heavy atom. The SMILES string of the molecule is O=C(O)CC(NC(=O)NCC1CCCCO1)C(=O)O. The van der Waals surface area contributed by atoms with Crippen LogP contribution in [0.5, 0.6) is 0 Å². The summed E-state index contributed by atoms with van der Waals surface area (Å²) in [5.41, 5.74) is 0. The molecule has 1 rings (SSSR count). The number of rotatable bonds is 6. The molecule has 2 atom stereocenters. The maximum atomic E-state index is 11.4. The maximum absolute atomic E-state index is 11.4. The van der Waals surface area contributed by atoms with Crippen LogP contribution in [-0.4, -0.2) is 53.5 Å². The number of aliphatic carboxylic acids is 2. The van der Waals surface area contributed by atoms with Crippen LogP contribution in [0.15, 0.2) is 0 Å². The Bertz CT molecular complexity index is 340. The van der Waals surface area contributed by atoms with E-state index in [0.717, 1.165) is 19.3 Å². The Hall–Kier alpha value is -1.83. The van der Waals surface area contributed by atoms with Crippen molar-refractivity contribution >= 4 is 18.0 Å². The van der Waals surface area contributed by atoms with E-state index in [0.29, 0.717) is 6.61 Å². The molecule has 0 bridgehead atoms. The molecule has 19 heavy (non-hydrogen) atoms. The Labute approximate surface area is 110 Å². The zero-order chi connectivity index (χ0) is 14.3. The summed E-state index contributed by atoms with van der Waals surface area (Å²) < 4.78 is 5.39. The van der Waals surface area contributed by atoms with Gasteiger partial charge in [0.15, 0.2) is 0 Å². The molecule has 0 spiro atoms. The molecular weight excluding hydrogens is 256 g/mol. The highest BCUT2D eigenvalue weighted by Crippen LogP contribution is 2.11. The smallest absolute Gasteiger partial charge is 0.326 e. The summed E-state index contributed by atoms with van der Waals surface area (Å²) >= 11 is 0. The molecule has 0 aromatic rings. The standard InChI is InChI=1S/C11H18N2O6/c14-9(15)5-8(10(16)17)13-11(18)12-6-7-3-1-2-4-19-7/h7-8H,1-6H2,(H,14,15)(H,16,17)(H2,12,13,18). The van der Waals surface area contributed by atoms with Crippen molar-refractivity contribution in [3.8, 4) is 0 Å². The number of carboxylic acid groups (broad SMARTS) is 2. The first-order valence-electron chi connectivity index (χ1n) is 6.09. The molecule has 108 valence electrons. The van der Waals surface area contributed by atoms with Crippen molar-refractivity contribution < 1.29 is 29.3 Å². The zero-order valence-electron chi connectivity index (χ0n) is 10.4. The van der Waals surface area contributed by atoms with Crippen molar-refractivity contribution in [2.24, 2.45) is 0 Å². The first-order valence-corrected chi connectivity index (χ1v) is 6.09. The quantitative estimate of drug-likeness (QED) is 0.531. The van der Waals surface area contributed by atoms with Gasteiger partial charge in [-0.3, -0.25) is 4.79 Å². The van der Waals surface area contributed by atoms with Crippen molar-refractivity contribution in [3.63, 3.8) is 0 Å². The van der Waals surface area contributed by atoms with Crippen LogP contribution in [0, 0.1) is 0 Å². The lowest BCUT2D eigenvalue weighted by Gasteiger charge is -2.23. The molecule has 2 amide bonds. The van der Waals surface area contributed by atoms with Gasteiger partial charge in [-0.15, -0.1) is 0 Å². The first-order chi connectivity index (χ1) is 8.99. The molecule has 1 heterocycles. The number of carbonyl (C=O) groups excluding carboxylic acids is 1. The summed E-state index contributed by atoms with van der Waals surface area (Å²) in [6.07, 6.45) is 2.15. The van der Waals surface area contributed by atoms with E-state index in [9.17, 15) is 14.4 Å². The fourth-order valence-electron chi connectivity index (χ4n) is 1.76. The van der Waals surface area contributed by atoms with Crippen LogP contribution in [-0.2, 0) is 14.3 Å². The molecule has 1 aliphatic rings. The number of ether oxygens (including phenoxy) is 1. The van der Waals surface area contributed by atoms with Gasteiger partial charge in [-0.25, -0.2) is 9.59 Å². The molecule has 0 aromatic heterocycles. The highest BCUT2D eigenvalue weighted by Gasteiger charge is 2.23. The highest BCUT2D eigenvalue weighted by atomic mass is 16.5. The van der Waals surface area contributed by atoms with E-state index in [-0.39, 0.29) is 12.6 Å². The second kappa shape index (κ2) is 7.57. The van der Waals surface area contributed by atoms with Gasteiger partial charge in [0.1, 0.15) is 6.04 Å². The topological polar surface area (TPSA) is 125 Å². The van der Waals surface area contributed by atoms with Crippen molar-refractivity contribution in [1.82, 2.24) is 10.6 Å². The summed E-state index contributed by atoms with van der Waals surface area (Å²) in [4.78, 5) is 32.6. The molecule has 1 aliphatic heterocycles. The third kappa shape index (κ3) is 6.05. The lowest BCUT2D eigenvalue weighted by molar-refractivity contribution is -0.145. The number of carboxylic acids is 2. The third-order valence-electron chi connectivity index (χ3n) is 2.75. The van der Waals surface area contributed by atoms with E-state index in [2.05, 4.69) is 10.6 Å². The number of urea groups is 1. The lowest BCUT2D eigenvalue weighted by atomic mass is 10.1. The fourth-order valence-corrected chi connectivity index (χ4v) is 1.76. The molecule has 0 radical (unpaired) electrons. The van der Waals surface area contributed by atoms with E-state index in [1.807, 2.05) is 0 Å². The van der Waals surface area contributed by atoms with E-state index in [1.165, 1.54) is 0 Å². The highest BCUT2D eigenvalue weighted by molar-refractivity contribution is 5.86. The number of hydrogen-bond donors (Lipinski definition) is 4. The monoisotopic (exact) mass is 274 g/mol. The van der Waals surface area contributed by atoms with E-state index in [1.54, 1.807) is 0 Å². The van der Waals surface area contributed by atoms with Crippen LogP contribution in [0.25, 0.3) is 0 Å². The van der Waals surface area contributed by atoms with Crippen molar-refractivity contribution in [1.29, 1.82) is 0 Å². The maximum Gasteiger partial charge on any atom is 0.326 e. The second-order valence-electron chi connectivity index (χ2n) is 4.33. The molecule has 4 N–H and O–H groups in total. The molecular formula is C11H18N2O6. The summed E-state index contributed by atoms with van der Waals surface area (Å²) in [6, 6.07) is -2.15. The molecule has 1 fully saturated rings. The van der Waals surface area contributed by atoms with Gasteiger partial charge in [0.05, 0.1) is 12.5 Å². The summed E-state index contributed by atoms with van der Waals surface area (Å²) in [5.74, 6) is -2.67. The van der Waals surface area contributed by atoms with Crippen LogP contribution < -0.4 is 10.6 Å². The molecule has 8 nitrogen and oxygen atoms in total. The van der Waals surface area contributed by atoms with Gasteiger partial charge >= 0.3 is 18.0 Å². The summed E-state index contributed by atoms with van der Waals surface area (Å²) in [5, 5.41) is 21.9. The average molecular weight is 274 g/mol. The van der Waals surface area contributed by atoms with Crippen LogP contribution in [0.2, 0.25) is 0 Å². The Kier molecular flexibility index (Phi) is 6.07. The third-order valence-corrected chi connectivity index (χ3v) is 2.75. The number of amides is 2. The van der Waals surface area contributed by atoms with Crippen molar-refractivity contribution in [2.45, 2.75) is 37.8 Å². The summed E-state index contributed by atoms with van der Waals surface area (Å²) in [7, 11) is 0. The minimum absolute atomic E-state index is 0.0674. The molecule has 0 aliphatic carbocycles. The largest absolute Gasteiger partial charge is 0.481 e. The van der Waals surface area contributed by atoms with Gasteiger partial charge in [-0.1, -0.05) is 0 Å². The van der Waals surface area contributed by atoms with Crippen LogP contribution in [0.4, 0.5) is 4.79 Å². The van der Waals surface area contributed by atoms with Crippen molar-refractivity contribution in [2.75, 3.05) is 13.2 Å². The molecule has 8 heteroatoms. The minimum atomic E-state index is -1.44. The van der Waals surface area contributed by atoms with Gasteiger partial charge in [0, 0.05) is 13.2 Å². The Balaban J connectivity index is 2.31. The van der Waals surface area contributed by atoms with Gasteiger partial charge in [0.2, 0.25) is 0 Å². The minimum Gasteiger partial charge on any atom is -0.481 e. The van der Waals surface area contributed by atoms with E-state index in [4.69, 9.17) is 14.9 Å². The Morgan fingerprint density at radius 3 is 2.53 bits per heavy atom. The van der Waals surface area contributed by atoms with E-state index >= 15 is 0 Å². The van der Waals surface area contributed by atoms with Gasteiger partial charge in [-0.2, -0.15) is 0 Å². The Morgan fingerprint density at radius 2 is 2.00 bits per heavy atom. The number of hydrogen-bond acceptors (Lipinski definition) is 4. The van der Waals surface area contributed by atoms with Crippen LogP contribution in [0.3, 0.4) is 0 Å².